The number of aryl methyl sites for hydroxylation is 2. The van der Waals surface area contributed by atoms with Crippen molar-refractivity contribution in [2.24, 2.45) is 0 Å². The van der Waals surface area contributed by atoms with Gasteiger partial charge in [-0.15, -0.1) is 0 Å². The predicted octanol–water partition coefficient (Wildman–Crippen LogP) is 3.93. The minimum absolute atomic E-state index is 0.661. The Morgan fingerprint density at radius 3 is 2.52 bits per heavy atom. The summed E-state index contributed by atoms with van der Waals surface area (Å²) in [7, 11) is 0. The molecule has 1 N–H and O–H groups in total. The Bertz CT molecular complexity index is 1050. The molecule has 0 amide bonds. The van der Waals surface area contributed by atoms with Crippen LogP contribution >= 0.6 is 0 Å². The van der Waals surface area contributed by atoms with Gasteiger partial charge in [0.1, 0.15) is 0 Å². The van der Waals surface area contributed by atoms with Crippen LogP contribution in [0.3, 0.4) is 0 Å². The zero-order valence-corrected chi connectivity index (χ0v) is 16.8. The van der Waals surface area contributed by atoms with Crippen LogP contribution in [0.1, 0.15) is 28.4 Å². The maximum Gasteiger partial charge on any atom is 0.227 e. The lowest BCUT2D eigenvalue weighted by Gasteiger charge is -2.04. The van der Waals surface area contributed by atoms with E-state index in [0.29, 0.717) is 18.1 Å². The highest BCUT2D eigenvalue weighted by Gasteiger charge is 2.12. The smallest absolute Gasteiger partial charge is 0.227 e. The molecule has 0 bridgehead atoms. The van der Waals surface area contributed by atoms with Crippen molar-refractivity contribution in [2.75, 3.05) is 6.54 Å². The molecule has 2 aromatic heterocycles. The normalized spacial score (nSPS) is 11.1. The summed E-state index contributed by atoms with van der Waals surface area (Å²) in [6.07, 6.45) is 2.84. The van der Waals surface area contributed by atoms with Gasteiger partial charge in [-0.3, -0.25) is 4.68 Å². The van der Waals surface area contributed by atoms with Crippen LogP contribution in [0.5, 0.6) is 0 Å². The SMILES string of the molecule is Cc1ccc(-c2nn(Cc3ccccc3)cc2CNCCc2nc(C)no2)cc1. The van der Waals surface area contributed by atoms with E-state index in [9.17, 15) is 0 Å². The second-order valence-corrected chi connectivity index (χ2v) is 7.21. The highest BCUT2D eigenvalue weighted by atomic mass is 16.5. The Labute approximate surface area is 170 Å². The summed E-state index contributed by atoms with van der Waals surface area (Å²) >= 11 is 0. The van der Waals surface area contributed by atoms with E-state index in [-0.39, 0.29) is 0 Å². The second kappa shape index (κ2) is 8.84. The topological polar surface area (TPSA) is 68.8 Å². The van der Waals surface area contributed by atoms with Crippen molar-refractivity contribution in [2.45, 2.75) is 33.4 Å². The number of nitrogens with zero attached hydrogens (tertiary/aromatic N) is 4. The first-order valence-electron chi connectivity index (χ1n) is 9.84. The lowest BCUT2D eigenvalue weighted by atomic mass is 10.1. The van der Waals surface area contributed by atoms with Gasteiger partial charge < -0.3 is 9.84 Å². The zero-order valence-electron chi connectivity index (χ0n) is 16.8. The molecule has 4 aromatic rings. The average Bonchev–Trinajstić information content (AvgIpc) is 3.32. The number of hydrogen-bond acceptors (Lipinski definition) is 5. The summed E-state index contributed by atoms with van der Waals surface area (Å²) in [5, 5.41) is 12.2. The van der Waals surface area contributed by atoms with Gasteiger partial charge in [0, 0.05) is 36.8 Å². The van der Waals surface area contributed by atoms with Crippen molar-refractivity contribution < 1.29 is 4.52 Å². The molecule has 0 spiro atoms. The molecular formula is C23H25N5O. The van der Waals surface area contributed by atoms with E-state index in [4.69, 9.17) is 9.62 Å². The molecule has 4 rings (SSSR count). The van der Waals surface area contributed by atoms with E-state index in [1.165, 1.54) is 16.7 Å². The molecule has 0 atom stereocenters. The quantitative estimate of drug-likeness (QED) is 0.464. The van der Waals surface area contributed by atoms with Crippen LogP contribution in [-0.4, -0.2) is 26.5 Å². The molecule has 0 saturated heterocycles. The summed E-state index contributed by atoms with van der Waals surface area (Å²) in [6.45, 7) is 6.17. The highest BCUT2D eigenvalue weighted by molar-refractivity contribution is 5.63. The largest absolute Gasteiger partial charge is 0.339 e. The van der Waals surface area contributed by atoms with Gasteiger partial charge in [-0.2, -0.15) is 10.1 Å². The fourth-order valence-corrected chi connectivity index (χ4v) is 3.26. The van der Waals surface area contributed by atoms with Crippen molar-refractivity contribution in [1.29, 1.82) is 0 Å². The molecule has 0 aliphatic carbocycles. The number of rotatable bonds is 8. The predicted molar refractivity (Wildman–Crippen MR) is 112 cm³/mol. The molecule has 0 fully saturated rings. The molecule has 6 nitrogen and oxygen atoms in total. The van der Waals surface area contributed by atoms with Crippen LogP contribution in [-0.2, 0) is 19.5 Å². The van der Waals surface area contributed by atoms with Crippen molar-refractivity contribution in [3.8, 4) is 11.3 Å². The van der Waals surface area contributed by atoms with Gasteiger partial charge in [-0.05, 0) is 19.4 Å². The third kappa shape index (κ3) is 4.97. The average molecular weight is 387 g/mol. The van der Waals surface area contributed by atoms with E-state index < -0.39 is 0 Å². The third-order valence-corrected chi connectivity index (χ3v) is 4.75. The van der Waals surface area contributed by atoms with Gasteiger partial charge in [-0.25, -0.2) is 0 Å². The maximum atomic E-state index is 5.17. The van der Waals surface area contributed by atoms with Crippen molar-refractivity contribution >= 4 is 0 Å². The number of hydrogen-bond donors (Lipinski definition) is 1. The van der Waals surface area contributed by atoms with Gasteiger partial charge in [0.2, 0.25) is 5.89 Å². The Morgan fingerprint density at radius 2 is 1.79 bits per heavy atom. The lowest BCUT2D eigenvalue weighted by molar-refractivity contribution is 0.372. The summed E-state index contributed by atoms with van der Waals surface area (Å²) in [4.78, 5) is 4.25. The fraction of sp³-hybridized carbons (Fsp3) is 0.261. The van der Waals surface area contributed by atoms with Crippen LogP contribution in [0.2, 0.25) is 0 Å². The minimum atomic E-state index is 0.661. The Morgan fingerprint density at radius 1 is 1.00 bits per heavy atom. The van der Waals surface area contributed by atoms with E-state index in [1.54, 1.807) is 0 Å². The molecule has 0 unspecified atom stereocenters. The van der Waals surface area contributed by atoms with Crippen LogP contribution in [0.25, 0.3) is 11.3 Å². The monoisotopic (exact) mass is 387 g/mol. The third-order valence-electron chi connectivity index (χ3n) is 4.75. The van der Waals surface area contributed by atoms with E-state index >= 15 is 0 Å². The lowest BCUT2D eigenvalue weighted by Crippen LogP contribution is -2.17. The van der Waals surface area contributed by atoms with E-state index in [2.05, 4.69) is 77.1 Å². The molecular weight excluding hydrogens is 362 g/mol. The minimum Gasteiger partial charge on any atom is -0.339 e. The first-order chi connectivity index (χ1) is 14.2. The van der Waals surface area contributed by atoms with E-state index in [0.717, 1.165) is 30.9 Å². The molecule has 0 saturated carbocycles. The first kappa shape index (κ1) is 19.1. The van der Waals surface area contributed by atoms with Crippen molar-refractivity contribution in [1.82, 2.24) is 25.2 Å². The molecule has 2 aromatic carbocycles. The van der Waals surface area contributed by atoms with Crippen LogP contribution in [0.4, 0.5) is 0 Å². The summed E-state index contributed by atoms with van der Waals surface area (Å²) in [5.74, 6) is 1.33. The van der Waals surface area contributed by atoms with Gasteiger partial charge in [-0.1, -0.05) is 65.3 Å². The number of aromatic nitrogens is 4. The number of benzene rings is 2. The molecule has 148 valence electrons. The Balaban J connectivity index is 1.49. The number of nitrogens with one attached hydrogen (secondary N) is 1. The van der Waals surface area contributed by atoms with Gasteiger partial charge in [0.05, 0.1) is 12.2 Å². The molecule has 29 heavy (non-hydrogen) atoms. The van der Waals surface area contributed by atoms with Crippen LogP contribution in [0.15, 0.2) is 65.3 Å². The maximum absolute atomic E-state index is 5.17. The Kier molecular flexibility index (Phi) is 5.81. The van der Waals surface area contributed by atoms with Gasteiger partial charge in [0.25, 0.3) is 0 Å². The second-order valence-electron chi connectivity index (χ2n) is 7.21. The summed E-state index contributed by atoms with van der Waals surface area (Å²) in [5.41, 5.74) is 5.80. The molecule has 0 aliphatic heterocycles. The van der Waals surface area contributed by atoms with Crippen LogP contribution in [0, 0.1) is 13.8 Å². The fourth-order valence-electron chi connectivity index (χ4n) is 3.26. The van der Waals surface area contributed by atoms with Crippen LogP contribution < -0.4 is 5.32 Å². The standard InChI is InChI=1S/C23H25N5O/c1-17-8-10-20(11-9-17)23-21(14-24-13-12-22-25-18(2)27-29-22)16-28(26-23)15-19-6-4-3-5-7-19/h3-11,16,24H,12-15H2,1-2H3. The van der Waals surface area contributed by atoms with Crippen molar-refractivity contribution in [3.05, 3.63) is 89.2 Å². The van der Waals surface area contributed by atoms with Gasteiger partial charge in [0.15, 0.2) is 5.82 Å². The molecule has 0 radical (unpaired) electrons. The molecule has 6 heteroatoms. The van der Waals surface area contributed by atoms with E-state index in [1.807, 2.05) is 17.7 Å². The summed E-state index contributed by atoms with van der Waals surface area (Å²) < 4.78 is 7.19. The first-order valence-corrected chi connectivity index (χ1v) is 9.84. The zero-order chi connectivity index (χ0) is 20.1. The van der Waals surface area contributed by atoms with Gasteiger partial charge >= 0.3 is 0 Å². The molecule has 0 aliphatic rings. The Hall–Kier alpha value is -3.25. The van der Waals surface area contributed by atoms with Crippen molar-refractivity contribution in [3.63, 3.8) is 0 Å². The molecule has 2 heterocycles. The summed E-state index contributed by atoms with van der Waals surface area (Å²) in [6, 6.07) is 18.9. The highest BCUT2D eigenvalue weighted by Crippen LogP contribution is 2.23.